The molecule has 2 aromatic carbocycles. The molecule has 162 valence electrons. The smallest absolute Gasteiger partial charge is 0.226 e. The molecule has 1 aliphatic carbocycles. The highest BCUT2D eigenvalue weighted by Gasteiger charge is 2.28. The van der Waals surface area contributed by atoms with Gasteiger partial charge in [-0.1, -0.05) is 48.3 Å². The van der Waals surface area contributed by atoms with E-state index in [0.717, 1.165) is 36.8 Å². The second-order valence-corrected chi connectivity index (χ2v) is 7.91. The zero-order chi connectivity index (χ0) is 21.6. The number of benzene rings is 2. The SMILES string of the molecule is COc1ccc(OC)c(-c2cc(CN(Cc3ccccc3)C(=O)C3CCCC3)no2)c1. The summed E-state index contributed by atoms with van der Waals surface area (Å²) in [6.45, 7) is 0.959. The van der Waals surface area contributed by atoms with E-state index in [9.17, 15) is 4.79 Å². The van der Waals surface area contributed by atoms with Crippen molar-refractivity contribution in [1.29, 1.82) is 0 Å². The van der Waals surface area contributed by atoms with Gasteiger partial charge in [-0.15, -0.1) is 0 Å². The van der Waals surface area contributed by atoms with Crippen LogP contribution in [0.3, 0.4) is 0 Å². The molecule has 6 nitrogen and oxygen atoms in total. The van der Waals surface area contributed by atoms with Gasteiger partial charge in [-0.2, -0.15) is 0 Å². The number of carbonyl (C=O) groups is 1. The largest absolute Gasteiger partial charge is 0.497 e. The fraction of sp³-hybridized carbons (Fsp3) is 0.360. The average Bonchev–Trinajstić information content (AvgIpc) is 3.51. The van der Waals surface area contributed by atoms with E-state index < -0.39 is 0 Å². The summed E-state index contributed by atoms with van der Waals surface area (Å²) in [5.74, 6) is 2.26. The first-order chi connectivity index (χ1) is 15.2. The first kappa shape index (κ1) is 21.0. The van der Waals surface area contributed by atoms with Crippen LogP contribution in [-0.2, 0) is 17.9 Å². The van der Waals surface area contributed by atoms with E-state index in [-0.39, 0.29) is 11.8 Å². The van der Waals surface area contributed by atoms with Gasteiger partial charge < -0.3 is 18.9 Å². The summed E-state index contributed by atoms with van der Waals surface area (Å²) in [7, 11) is 3.23. The average molecular weight is 421 g/mol. The van der Waals surface area contributed by atoms with Crippen LogP contribution in [0, 0.1) is 5.92 Å². The third kappa shape index (κ3) is 4.90. The van der Waals surface area contributed by atoms with E-state index in [4.69, 9.17) is 14.0 Å². The van der Waals surface area contributed by atoms with Gasteiger partial charge in [-0.05, 0) is 36.6 Å². The number of amides is 1. The van der Waals surface area contributed by atoms with Gasteiger partial charge in [0.25, 0.3) is 0 Å². The van der Waals surface area contributed by atoms with Crippen LogP contribution in [0.4, 0.5) is 0 Å². The van der Waals surface area contributed by atoms with Crippen molar-refractivity contribution in [2.45, 2.75) is 38.8 Å². The van der Waals surface area contributed by atoms with Crippen molar-refractivity contribution in [3.8, 4) is 22.8 Å². The predicted molar refractivity (Wildman–Crippen MR) is 118 cm³/mol. The minimum Gasteiger partial charge on any atom is -0.497 e. The number of carbonyl (C=O) groups excluding carboxylic acids is 1. The van der Waals surface area contributed by atoms with E-state index in [1.165, 1.54) is 0 Å². The number of ether oxygens (including phenoxy) is 2. The second-order valence-electron chi connectivity index (χ2n) is 7.91. The predicted octanol–water partition coefficient (Wildman–Crippen LogP) is 5.08. The van der Waals surface area contributed by atoms with Crippen molar-refractivity contribution < 1.29 is 18.8 Å². The summed E-state index contributed by atoms with van der Waals surface area (Å²) >= 11 is 0. The van der Waals surface area contributed by atoms with Gasteiger partial charge in [-0.3, -0.25) is 4.79 Å². The normalized spacial score (nSPS) is 13.9. The minimum atomic E-state index is 0.105. The Morgan fingerprint density at radius 3 is 2.52 bits per heavy atom. The fourth-order valence-corrected chi connectivity index (χ4v) is 4.16. The van der Waals surface area contributed by atoms with Crippen LogP contribution in [-0.4, -0.2) is 30.2 Å². The van der Waals surface area contributed by atoms with Gasteiger partial charge in [-0.25, -0.2) is 0 Å². The first-order valence-electron chi connectivity index (χ1n) is 10.7. The van der Waals surface area contributed by atoms with E-state index >= 15 is 0 Å². The van der Waals surface area contributed by atoms with Gasteiger partial charge in [0.2, 0.25) is 5.91 Å². The number of hydrogen-bond donors (Lipinski definition) is 0. The molecule has 3 aromatic rings. The van der Waals surface area contributed by atoms with Gasteiger partial charge >= 0.3 is 0 Å². The Balaban J connectivity index is 1.57. The Morgan fingerprint density at radius 1 is 1.03 bits per heavy atom. The Morgan fingerprint density at radius 2 is 1.81 bits per heavy atom. The van der Waals surface area contributed by atoms with Crippen LogP contribution in [0.5, 0.6) is 11.5 Å². The molecule has 1 saturated carbocycles. The van der Waals surface area contributed by atoms with E-state index in [1.54, 1.807) is 14.2 Å². The molecule has 0 saturated heterocycles. The highest BCUT2D eigenvalue weighted by Crippen LogP contribution is 2.34. The molecule has 1 aliphatic rings. The maximum Gasteiger partial charge on any atom is 0.226 e. The Labute approximate surface area is 182 Å². The van der Waals surface area contributed by atoms with Crippen LogP contribution in [0.1, 0.15) is 36.9 Å². The molecule has 4 rings (SSSR count). The lowest BCUT2D eigenvalue weighted by molar-refractivity contribution is -0.136. The molecule has 0 spiro atoms. The fourth-order valence-electron chi connectivity index (χ4n) is 4.16. The molecule has 0 N–H and O–H groups in total. The molecule has 0 radical (unpaired) electrons. The van der Waals surface area contributed by atoms with Crippen molar-refractivity contribution in [1.82, 2.24) is 10.1 Å². The van der Waals surface area contributed by atoms with E-state index in [1.807, 2.05) is 59.5 Å². The first-order valence-corrected chi connectivity index (χ1v) is 10.7. The van der Waals surface area contributed by atoms with Crippen LogP contribution in [0.25, 0.3) is 11.3 Å². The molecular weight excluding hydrogens is 392 g/mol. The second kappa shape index (κ2) is 9.69. The third-order valence-electron chi connectivity index (χ3n) is 5.82. The van der Waals surface area contributed by atoms with Crippen molar-refractivity contribution in [3.05, 3.63) is 65.9 Å². The van der Waals surface area contributed by atoms with Crippen molar-refractivity contribution >= 4 is 5.91 Å². The van der Waals surface area contributed by atoms with Crippen LogP contribution in [0.2, 0.25) is 0 Å². The van der Waals surface area contributed by atoms with Crippen molar-refractivity contribution in [2.75, 3.05) is 14.2 Å². The number of hydrogen-bond acceptors (Lipinski definition) is 5. The summed E-state index contributed by atoms with van der Waals surface area (Å²) in [6.07, 6.45) is 4.18. The van der Waals surface area contributed by atoms with Crippen LogP contribution < -0.4 is 9.47 Å². The third-order valence-corrected chi connectivity index (χ3v) is 5.82. The van der Waals surface area contributed by atoms with E-state index in [2.05, 4.69) is 5.16 Å². The lowest BCUT2D eigenvalue weighted by atomic mass is 10.1. The highest BCUT2D eigenvalue weighted by atomic mass is 16.5. The van der Waals surface area contributed by atoms with Crippen LogP contribution >= 0.6 is 0 Å². The maximum atomic E-state index is 13.2. The zero-order valence-electron chi connectivity index (χ0n) is 18.0. The zero-order valence-corrected chi connectivity index (χ0v) is 18.0. The molecule has 0 unspecified atom stereocenters. The number of rotatable bonds is 8. The molecule has 0 bridgehead atoms. The molecule has 0 atom stereocenters. The van der Waals surface area contributed by atoms with Gasteiger partial charge in [0, 0.05) is 18.5 Å². The lowest BCUT2D eigenvalue weighted by Gasteiger charge is -2.25. The molecule has 31 heavy (non-hydrogen) atoms. The summed E-state index contributed by atoms with van der Waals surface area (Å²) in [5.41, 5.74) is 2.58. The lowest BCUT2D eigenvalue weighted by Crippen LogP contribution is -2.34. The maximum absolute atomic E-state index is 13.2. The Hall–Kier alpha value is -3.28. The number of methoxy groups -OCH3 is 2. The van der Waals surface area contributed by atoms with Crippen LogP contribution in [0.15, 0.2) is 59.1 Å². The molecule has 0 aliphatic heterocycles. The van der Waals surface area contributed by atoms with Gasteiger partial charge in [0.15, 0.2) is 5.76 Å². The Bertz CT molecular complexity index is 1010. The topological polar surface area (TPSA) is 64.8 Å². The van der Waals surface area contributed by atoms with Crippen molar-refractivity contribution in [3.63, 3.8) is 0 Å². The molecule has 1 fully saturated rings. The Kier molecular flexibility index (Phi) is 6.55. The highest BCUT2D eigenvalue weighted by molar-refractivity contribution is 5.79. The summed E-state index contributed by atoms with van der Waals surface area (Å²) in [6, 6.07) is 17.5. The quantitative estimate of drug-likeness (QED) is 0.509. The van der Waals surface area contributed by atoms with Crippen molar-refractivity contribution in [2.24, 2.45) is 5.92 Å². The number of aromatic nitrogens is 1. The minimum absolute atomic E-state index is 0.105. The van der Waals surface area contributed by atoms with Gasteiger partial charge in [0.05, 0.1) is 26.3 Å². The molecular formula is C25H28N2O4. The monoisotopic (exact) mass is 420 g/mol. The molecule has 1 aromatic heterocycles. The molecule has 6 heteroatoms. The van der Waals surface area contributed by atoms with E-state index in [0.29, 0.717) is 36.0 Å². The molecule has 1 amide bonds. The number of nitrogens with zero attached hydrogens (tertiary/aromatic N) is 2. The summed E-state index contributed by atoms with van der Waals surface area (Å²) in [5, 5.41) is 4.25. The standard InChI is InChI=1S/C25H28N2O4/c1-29-21-12-13-23(30-2)22(15-21)24-14-20(26-31-24)17-27(16-18-8-4-3-5-9-18)25(28)19-10-6-7-11-19/h3-5,8-9,12-15,19H,6-7,10-11,16-17H2,1-2H3. The molecule has 1 heterocycles. The summed E-state index contributed by atoms with van der Waals surface area (Å²) < 4.78 is 16.4. The summed E-state index contributed by atoms with van der Waals surface area (Å²) in [4.78, 5) is 15.1. The van der Waals surface area contributed by atoms with Gasteiger partial charge in [0.1, 0.15) is 17.2 Å².